The van der Waals surface area contributed by atoms with E-state index >= 15 is 0 Å². The minimum atomic E-state index is -0.0922. The number of benzene rings is 1. The predicted molar refractivity (Wildman–Crippen MR) is 128 cm³/mol. The molecule has 0 bridgehead atoms. The Morgan fingerprint density at radius 3 is 2.76 bits per heavy atom. The van der Waals surface area contributed by atoms with Crippen LogP contribution in [0.15, 0.2) is 54.9 Å². The second-order valence-corrected chi connectivity index (χ2v) is 8.99. The van der Waals surface area contributed by atoms with Gasteiger partial charge in [-0.1, -0.05) is 38.1 Å². The molecule has 2 aromatic heterocycles. The molecule has 3 heterocycles. The minimum Gasteiger partial charge on any atom is -0.494 e. The standard InChI is InChI=1S/C26H32N4O3/c1-19(2)13-30-16-23(33-18-20-6-5-11-27-12-20)15-29(17-25(30)31)14-22-10-9-21-7-4-8-24(32-3)26(21)28-22/h4-12,19,23H,13-18H2,1-3H3. The average Bonchev–Trinajstić information content (AvgIpc) is 2.95. The maximum atomic E-state index is 13.1. The molecule has 0 saturated carbocycles. The van der Waals surface area contributed by atoms with Crippen molar-refractivity contribution in [1.82, 2.24) is 19.8 Å². The van der Waals surface area contributed by atoms with Crippen molar-refractivity contribution in [3.05, 3.63) is 66.1 Å². The summed E-state index contributed by atoms with van der Waals surface area (Å²) in [5.41, 5.74) is 2.77. The molecule has 1 aliphatic rings. The van der Waals surface area contributed by atoms with Gasteiger partial charge in [-0.2, -0.15) is 0 Å². The van der Waals surface area contributed by atoms with Gasteiger partial charge in [-0.15, -0.1) is 0 Å². The zero-order valence-electron chi connectivity index (χ0n) is 19.6. The van der Waals surface area contributed by atoms with Gasteiger partial charge in [0.1, 0.15) is 11.3 Å². The Balaban J connectivity index is 1.52. The van der Waals surface area contributed by atoms with Crippen LogP contribution in [0.3, 0.4) is 0 Å². The van der Waals surface area contributed by atoms with Gasteiger partial charge in [-0.3, -0.25) is 14.7 Å². The summed E-state index contributed by atoms with van der Waals surface area (Å²) in [5.74, 6) is 1.28. The van der Waals surface area contributed by atoms with Gasteiger partial charge in [0, 0.05) is 44.0 Å². The molecular formula is C26H32N4O3. The molecule has 0 spiro atoms. The summed E-state index contributed by atoms with van der Waals surface area (Å²) in [6, 6.07) is 13.9. The highest BCUT2D eigenvalue weighted by molar-refractivity contribution is 5.84. The number of amides is 1. The highest BCUT2D eigenvalue weighted by Crippen LogP contribution is 2.24. The first-order valence-corrected chi connectivity index (χ1v) is 11.4. The lowest BCUT2D eigenvalue weighted by molar-refractivity contribution is -0.132. The van der Waals surface area contributed by atoms with E-state index in [-0.39, 0.29) is 12.0 Å². The maximum Gasteiger partial charge on any atom is 0.236 e. The zero-order valence-corrected chi connectivity index (χ0v) is 19.6. The number of aromatic nitrogens is 2. The summed E-state index contributed by atoms with van der Waals surface area (Å²) in [4.78, 5) is 26.2. The summed E-state index contributed by atoms with van der Waals surface area (Å²) in [6.07, 6.45) is 3.48. The first kappa shape index (κ1) is 23.1. The number of carbonyl (C=O) groups is 1. The molecule has 174 valence electrons. The van der Waals surface area contributed by atoms with Crippen molar-refractivity contribution in [2.24, 2.45) is 5.92 Å². The summed E-state index contributed by atoms with van der Waals surface area (Å²) in [7, 11) is 1.66. The van der Waals surface area contributed by atoms with Gasteiger partial charge < -0.3 is 14.4 Å². The monoisotopic (exact) mass is 448 g/mol. The minimum absolute atomic E-state index is 0.0922. The van der Waals surface area contributed by atoms with Crippen molar-refractivity contribution in [3.63, 3.8) is 0 Å². The molecule has 1 aliphatic heterocycles. The Kier molecular flexibility index (Phi) is 7.52. The smallest absolute Gasteiger partial charge is 0.236 e. The maximum absolute atomic E-state index is 13.1. The van der Waals surface area contributed by atoms with Gasteiger partial charge in [0.2, 0.25) is 5.91 Å². The van der Waals surface area contributed by atoms with E-state index in [9.17, 15) is 4.79 Å². The van der Waals surface area contributed by atoms with Gasteiger partial charge in [0.25, 0.3) is 0 Å². The lowest BCUT2D eigenvalue weighted by Crippen LogP contribution is -2.40. The number of methoxy groups -OCH3 is 1. The average molecular weight is 449 g/mol. The van der Waals surface area contributed by atoms with E-state index < -0.39 is 0 Å². The quantitative estimate of drug-likeness (QED) is 0.525. The molecule has 1 fully saturated rings. The number of carbonyl (C=O) groups excluding carboxylic acids is 1. The highest BCUT2D eigenvalue weighted by Gasteiger charge is 2.29. The van der Waals surface area contributed by atoms with E-state index in [1.807, 2.05) is 47.5 Å². The molecule has 1 amide bonds. The van der Waals surface area contributed by atoms with Crippen LogP contribution >= 0.6 is 0 Å². The number of fused-ring (bicyclic) bond motifs is 1. The summed E-state index contributed by atoms with van der Waals surface area (Å²) >= 11 is 0. The Hall–Kier alpha value is -3.03. The Labute approximate surface area is 195 Å². The largest absolute Gasteiger partial charge is 0.494 e. The fourth-order valence-corrected chi connectivity index (χ4v) is 4.23. The number of hydrogen-bond acceptors (Lipinski definition) is 6. The number of para-hydroxylation sites is 1. The second kappa shape index (κ2) is 10.7. The van der Waals surface area contributed by atoms with Crippen molar-refractivity contribution in [2.45, 2.75) is 33.1 Å². The second-order valence-electron chi connectivity index (χ2n) is 8.99. The molecule has 33 heavy (non-hydrogen) atoms. The van der Waals surface area contributed by atoms with Gasteiger partial charge in [0.05, 0.1) is 32.1 Å². The molecule has 7 heteroatoms. The first-order chi connectivity index (χ1) is 16.0. The van der Waals surface area contributed by atoms with Crippen LogP contribution in [0, 0.1) is 5.92 Å². The van der Waals surface area contributed by atoms with Gasteiger partial charge in [0.15, 0.2) is 0 Å². The van der Waals surface area contributed by atoms with E-state index in [4.69, 9.17) is 14.5 Å². The molecule has 0 radical (unpaired) electrons. The van der Waals surface area contributed by atoms with Crippen LogP contribution in [-0.4, -0.2) is 65.1 Å². The third-order valence-corrected chi connectivity index (χ3v) is 5.74. The van der Waals surface area contributed by atoms with E-state index in [0.29, 0.717) is 38.7 Å². The highest BCUT2D eigenvalue weighted by atomic mass is 16.5. The molecule has 1 saturated heterocycles. The molecule has 0 N–H and O–H groups in total. The summed E-state index contributed by atoms with van der Waals surface area (Å²) in [6.45, 7) is 7.64. The van der Waals surface area contributed by atoms with Crippen LogP contribution in [0.4, 0.5) is 0 Å². The van der Waals surface area contributed by atoms with Gasteiger partial charge in [-0.25, -0.2) is 4.98 Å². The van der Waals surface area contributed by atoms with E-state index in [1.54, 1.807) is 13.3 Å². The van der Waals surface area contributed by atoms with Crippen LogP contribution in [0.5, 0.6) is 5.75 Å². The van der Waals surface area contributed by atoms with E-state index in [0.717, 1.165) is 34.5 Å². The van der Waals surface area contributed by atoms with Crippen LogP contribution in [0.25, 0.3) is 10.9 Å². The molecule has 1 atom stereocenters. The van der Waals surface area contributed by atoms with Crippen molar-refractivity contribution in [3.8, 4) is 5.75 Å². The molecular weight excluding hydrogens is 416 g/mol. The Morgan fingerprint density at radius 1 is 1.12 bits per heavy atom. The van der Waals surface area contributed by atoms with E-state index in [1.165, 1.54) is 0 Å². The van der Waals surface area contributed by atoms with Crippen LogP contribution in [0.2, 0.25) is 0 Å². The molecule has 3 aromatic rings. The lowest BCUT2D eigenvalue weighted by Gasteiger charge is -2.26. The number of ether oxygens (including phenoxy) is 2. The number of pyridine rings is 2. The number of hydrogen-bond donors (Lipinski definition) is 0. The molecule has 1 unspecified atom stereocenters. The van der Waals surface area contributed by atoms with Gasteiger partial charge in [-0.05, 0) is 29.7 Å². The normalized spacial score (nSPS) is 17.5. The third kappa shape index (κ3) is 6.06. The SMILES string of the molecule is COc1cccc2ccc(CN3CC(=O)N(CC(C)C)CC(OCc4cccnc4)C3)nc12. The fourth-order valence-electron chi connectivity index (χ4n) is 4.23. The molecule has 1 aromatic carbocycles. The van der Waals surface area contributed by atoms with Crippen LogP contribution < -0.4 is 4.74 Å². The van der Waals surface area contributed by atoms with Crippen LogP contribution in [0.1, 0.15) is 25.1 Å². The number of rotatable bonds is 8. The topological polar surface area (TPSA) is 67.8 Å². The molecule has 7 nitrogen and oxygen atoms in total. The molecule has 0 aliphatic carbocycles. The zero-order chi connectivity index (χ0) is 23.2. The number of nitrogens with zero attached hydrogens (tertiary/aromatic N) is 4. The van der Waals surface area contributed by atoms with Crippen molar-refractivity contribution in [2.75, 3.05) is 33.3 Å². The third-order valence-electron chi connectivity index (χ3n) is 5.74. The van der Waals surface area contributed by atoms with Crippen molar-refractivity contribution in [1.29, 1.82) is 0 Å². The predicted octanol–water partition coefficient (Wildman–Crippen LogP) is 3.52. The lowest BCUT2D eigenvalue weighted by atomic mass is 10.2. The van der Waals surface area contributed by atoms with Crippen molar-refractivity contribution >= 4 is 16.8 Å². The fraction of sp³-hybridized carbons (Fsp3) is 0.423. The van der Waals surface area contributed by atoms with Gasteiger partial charge >= 0.3 is 0 Å². The first-order valence-electron chi connectivity index (χ1n) is 11.4. The Morgan fingerprint density at radius 2 is 2.00 bits per heavy atom. The molecule has 4 rings (SSSR count). The van der Waals surface area contributed by atoms with Crippen LogP contribution in [-0.2, 0) is 22.7 Å². The summed E-state index contributed by atoms with van der Waals surface area (Å²) in [5, 5.41) is 1.03. The van der Waals surface area contributed by atoms with Crippen molar-refractivity contribution < 1.29 is 14.3 Å². The Bertz CT molecular complexity index is 1070. The summed E-state index contributed by atoms with van der Waals surface area (Å²) < 4.78 is 11.8. The van der Waals surface area contributed by atoms with E-state index in [2.05, 4.69) is 29.8 Å².